The fraction of sp³-hybridized carbons (Fsp3) is 0.400. The first kappa shape index (κ1) is 23.0. The van der Waals surface area contributed by atoms with Gasteiger partial charge in [-0.1, -0.05) is 40.0 Å². The van der Waals surface area contributed by atoms with E-state index in [4.69, 9.17) is 4.74 Å². The number of ether oxygens (including phenoxy) is 1. The lowest BCUT2D eigenvalue weighted by Crippen LogP contribution is -2.33. The van der Waals surface area contributed by atoms with Crippen LogP contribution < -0.4 is 10.6 Å². The number of amides is 2. The van der Waals surface area contributed by atoms with Crippen LogP contribution in [0, 0.1) is 11.8 Å². The average Bonchev–Trinajstić information content (AvgIpc) is 2.61. The lowest BCUT2D eigenvalue weighted by atomic mass is 10.1. The molecular formula is C20H26N2O3S2. The van der Waals surface area contributed by atoms with Gasteiger partial charge in [-0.05, 0) is 51.1 Å². The van der Waals surface area contributed by atoms with Crippen LogP contribution in [0.25, 0.3) is 0 Å². The first-order valence-electron chi connectivity index (χ1n) is 8.54. The van der Waals surface area contributed by atoms with Crippen molar-refractivity contribution < 1.29 is 14.3 Å². The van der Waals surface area contributed by atoms with E-state index in [0.29, 0.717) is 18.7 Å². The smallest absolute Gasteiger partial charge is 0.407 e. The van der Waals surface area contributed by atoms with Gasteiger partial charge in [-0.15, -0.1) is 0 Å². The molecule has 0 aliphatic heterocycles. The largest absolute Gasteiger partial charge is 0.444 e. The minimum Gasteiger partial charge on any atom is -0.444 e. The molecule has 0 unspecified atom stereocenters. The van der Waals surface area contributed by atoms with Gasteiger partial charge in [-0.2, -0.15) is 0 Å². The van der Waals surface area contributed by atoms with E-state index < -0.39 is 11.7 Å². The lowest BCUT2D eigenvalue weighted by Gasteiger charge is -2.19. The molecule has 27 heavy (non-hydrogen) atoms. The number of nitrogens with one attached hydrogen (secondary N) is 2. The Morgan fingerprint density at radius 1 is 1.11 bits per heavy atom. The molecule has 0 fully saturated rings. The molecule has 1 aromatic rings. The molecule has 0 aromatic heterocycles. The summed E-state index contributed by atoms with van der Waals surface area (Å²) < 4.78 is 5.15. The number of benzene rings is 1. The van der Waals surface area contributed by atoms with Gasteiger partial charge >= 0.3 is 6.09 Å². The number of hydrogen-bond acceptors (Lipinski definition) is 5. The van der Waals surface area contributed by atoms with Crippen LogP contribution in [0.5, 0.6) is 0 Å². The summed E-state index contributed by atoms with van der Waals surface area (Å²) in [5.41, 5.74) is 0.973. The van der Waals surface area contributed by atoms with Gasteiger partial charge < -0.3 is 15.4 Å². The Balaban J connectivity index is 2.11. The Morgan fingerprint density at radius 2 is 1.70 bits per heavy atom. The van der Waals surface area contributed by atoms with Crippen molar-refractivity contribution in [1.82, 2.24) is 10.6 Å². The summed E-state index contributed by atoms with van der Waals surface area (Å²) in [5, 5.41) is 5.59. The number of rotatable bonds is 8. The molecule has 0 aliphatic rings. The fourth-order valence-electron chi connectivity index (χ4n) is 1.77. The van der Waals surface area contributed by atoms with Crippen LogP contribution in [-0.4, -0.2) is 42.2 Å². The van der Waals surface area contributed by atoms with Crippen LogP contribution in [0.2, 0.25) is 0 Å². The molecule has 1 rings (SSSR count). The molecule has 146 valence electrons. The second-order valence-corrected chi connectivity index (χ2v) is 9.08. The Labute approximate surface area is 169 Å². The summed E-state index contributed by atoms with van der Waals surface area (Å²) in [6.07, 6.45) is 1.13. The normalized spacial score (nSPS) is 10.3. The van der Waals surface area contributed by atoms with Crippen LogP contribution in [0.1, 0.15) is 36.7 Å². The minimum absolute atomic E-state index is 0.101. The molecule has 5 nitrogen and oxygen atoms in total. The third-order valence-corrected chi connectivity index (χ3v) is 5.28. The quantitative estimate of drug-likeness (QED) is 0.390. The van der Waals surface area contributed by atoms with Gasteiger partial charge in [0.25, 0.3) is 5.91 Å². The number of carbonyl (C=O) groups excluding carboxylic acids is 2. The van der Waals surface area contributed by atoms with E-state index in [-0.39, 0.29) is 5.91 Å². The predicted molar refractivity (Wildman–Crippen MR) is 115 cm³/mol. The van der Waals surface area contributed by atoms with Gasteiger partial charge in [0.1, 0.15) is 5.60 Å². The molecule has 1 aromatic carbocycles. The second kappa shape index (κ2) is 12.4. The highest BCUT2D eigenvalue weighted by molar-refractivity contribution is 8.76. The SMILES string of the molecule is C=CC#Cc1ccc(C(=O)NCCSSCCNC(=O)OC(C)(C)C)cc1. The van der Waals surface area contributed by atoms with Crippen LogP contribution in [0.4, 0.5) is 4.79 Å². The predicted octanol–water partition coefficient (Wildman–Crippen LogP) is 3.86. The van der Waals surface area contributed by atoms with Crippen LogP contribution in [-0.2, 0) is 4.74 Å². The van der Waals surface area contributed by atoms with Crippen molar-refractivity contribution in [2.45, 2.75) is 26.4 Å². The Morgan fingerprint density at radius 3 is 2.26 bits per heavy atom. The van der Waals surface area contributed by atoms with Crippen molar-refractivity contribution in [1.29, 1.82) is 0 Å². The molecule has 2 N–H and O–H groups in total. The molecule has 0 atom stereocenters. The van der Waals surface area contributed by atoms with E-state index in [1.807, 2.05) is 32.9 Å². The highest BCUT2D eigenvalue weighted by atomic mass is 33.1. The van der Waals surface area contributed by atoms with E-state index >= 15 is 0 Å². The van der Waals surface area contributed by atoms with Crippen molar-refractivity contribution in [3.63, 3.8) is 0 Å². The summed E-state index contributed by atoms with van der Waals surface area (Å²) in [6.45, 7) is 10.2. The third-order valence-electron chi connectivity index (χ3n) is 2.87. The standard InChI is InChI=1S/C20H26N2O3S2/c1-5-6-7-16-8-10-17(11-9-16)18(23)21-12-14-26-27-15-13-22-19(24)25-20(2,3)4/h5,8-11H,1,12-15H2,2-4H3,(H,21,23)(H,22,24). The Hall–Kier alpha value is -2.04. The highest BCUT2D eigenvalue weighted by Crippen LogP contribution is 2.19. The molecule has 0 saturated heterocycles. The molecule has 0 heterocycles. The number of allylic oxidation sites excluding steroid dienone is 1. The Kier molecular flexibility index (Phi) is 10.5. The highest BCUT2D eigenvalue weighted by Gasteiger charge is 2.15. The van der Waals surface area contributed by atoms with Gasteiger partial charge in [0, 0.05) is 35.7 Å². The summed E-state index contributed by atoms with van der Waals surface area (Å²) >= 11 is 0. The van der Waals surface area contributed by atoms with Crippen LogP contribution >= 0.6 is 21.6 Å². The molecule has 0 spiro atoms. The summed E-state index contributed by atoms with van der Waals surface area (Å²) in [7, 11) is 3.29. The Bertz CT molecular complexity index is 686. The minimum atomic E-state index is -0.483. The second-order valence-electron chi connectivity index (χ2n) is 6.38. The van der Waals surface area contributed by atoms with Crippen LogP contribution in [0.15, 0.2) is 36.9 Å². The molecule has 2 amide bonds. The maximum absolute atomic E-state index is 12.1. The molecule has 0 bridgehead atoms. The maximum Gasteiger partial charge on any atom is 0.407 e. The molecular weight excluding hydrogens is 380 g/mol. The number of hydrogen-bond donors (Lipinski definition) is 2. The van der Waals surface area contributed by atoms with Crippen molar-refractivity contribution in [3.8, 4) is 11.8 Å². The zero-order valence-electron chi connectivity index (χ0n) is 16.0. The number of carbonyl (C=O) groups is 2. The van der Waals surface area contributed by atoms with Crippen LogP contribution in [0.3, 0.4) is 0 Å². The first-order chi connectivity index (χ1) is 12.8. The maximum atomic E-state index is 12.1. The van der Waals surface area contributed by atoms with Gasteiger partial charge in [-0.25, -0.2) is 4.79 Å². The zero-order chi connectivity index (χ0) is 20.1. The zero-order valence-corrected chi connectivity index (χ0v) is 17.6. The van der Waals surface area contributed by atoms with Gasteiger partial charge in [-0.3, -0.25) is 4.79 Å². The molecule has 0 radical (unpaired) electrons. The average molecular weight is 407 g/mol. The van der Waals surface area contributed by atoms with E-state index in [2.05, 4.69) is 29.1 Å². The van der Waals surface area contributed by atoms with Crippen molar-refractivity contribution in [3.05, 3.63) is 48.0 Å². The summed E-state index contributed by atoms with van der Waals surface area (Å²) in [6, 6.07) is 7.14. The molecule has 0 saturated carbocycles. The number of alkyl carbamates (subject to hydrolysis) is 1. The van der Waals surface area contributed by atoms with E-state index in [1.54, 1.807) is 33.7 Å². The summed E-state index contributed by atoms with van der Waals surface area (Å²) in [4.78, 5) is 23.5. The van der Waals surface area contributed by atoms with E-state index in [0.717, 1.165) is 17.1 Å². The van der Waals surface area contributed by atoms with Crippen molar-refractivity contribution >= 4 is 33.6 Å². The monoisotopic (exact) mass is 406 g/mol. The molecule has 0 aliphatic carbocycles. The lowest BCUT2D eigenvalue weighted by molar-refractivity contribution is 0.0531. The third kappa shape index (κ3) is 11.3. The fourth-order valence-corrected chi connectivity index (χ4v) is 3.59. The molecule has 7 heteroatoms. The summed E-state index contributed by atoms with van der Waals surface area (Å²) in [5.74, 6) is 7.14. The van der Waals surface area contributed by atoms with E-state index in [1.165, 1.54) is 6.08 Å². The van der Waals surface area contributed by atoms with Crippen molar-refractivity contribution in [2.24, 2.45) is 0 Å². The first-order valence-corrected chi connectivity index (χ1v) is 11.0. The van der Waals surface area contributed by atoms with Gasteiger partial charge in [0.05, 0.1) is 0 Å². The van der Waals surface area contributed by atoms with Crippen molar-refractivity contribution in [2.75, 3.05) is 24.6 Å². The van der Waals surface area contributed by atoms with E-state index in [9.17, 15) is 9.59 Å². The van der Waals surface area contributed by atoms with Gasteiger partial charge in [0.2, 0.25) is 0 Å². The topological polar surface area (TPSA) is 67.4 Å². The van der Waals surface area contributed by atoms with Gasteiger partial charge in [0.15, 0.2) is 0 Å².